The zero-order valence-electron chi connectivity index (χ0n) is 9.44. The number of hydrogen-bond donors (Lipinski definition) is 1. The lowest BCUT2D eigenvalue weighted by atomic mass is 10.2. The number of hydrogen-bond acceptors (Lipinski definition) is 3. The van der Waals surface area contributed by atoms with E-state index in [2.05, 4.69) is 20.9 Å². The summed E-state index contributed by atoms with van der Waals surface area (Å²) in [5.74, 6) is -0.187. The molecule has 0 atom stereocenters. The first kappa shape index (κ1) is 13.0. The molecule has 0 fully saturated rings. The number of phenolic OH excluding ortho intramolecular Hbond substituents is 1. The number of benzene rings is 1. The van der Waals surface area contributed by atoms with E-state index >= 15 is 0 Å². The normalized spacial score (nSPS) is 10.6. The molecule has 1 aromatic heterocycles. The first-order valence-electron chi connectivity index (χ1n) is 5.31. The molecule has 0 spiro atoms. The van der Waals surface area contributed by atoms with Crippen molar-refractivity contribution in [2.75, 3.05) is 0 Å². The fourth-order valence-electron chi connectivity index (χ4n) is 1.41. The highest BCUT2D eigenvalue weighted by atomic mass is 79.9. The van der Waals surface area contributed by atoms with Crippen molar-refractivity contribution in [2.24, 2.45) is 0 Å². The average Bonchev–Trinajstić information content (AvgIpc) is 2.36. The third-order valence-corrected chi connectivity index (χ3v) is 2.99. The summed E-state index contributed by atoms with van der Waals surface area (Å²) in [7, 11) is 0. The van der Waals surface area contributed by atoms with Crippen molar-refractivity contribution in [3.8, 4) is 5.75 Å². The van der Waals surface area contributed by atoms with Gasteiger partial charge in [0.25, 0.3) is 0 Å². The maximum Gasteiger partial charge on any atom is 0.141 e. The van der Waals surface area contributed by atoms with Crippen molar-refractivity contribution >= 4 is 15.9 Å². The van der Waals surface area contributed by atoms with Crippen LogP contribution >= 0.6 is 15.9 Å². The van der Waals surface area contributed by atoms with E-state index in [0.717, 1.165) is 11.8 Å². The Hall–Kier alpha value is -1.46. The average molecular weight is 312 g/mol. The molecule has 0 saturated heterocycles. The Bertz CT molecular complexity index is 531. The maximum absolute atomic E-state index is 12.6. The molecule has 0 aliphatic rings. The van der Waals surface area contributed by atoms with Crippen molar-refractivity contribution in [2.45, 2.75) is 13.2 Å². The smallest absolute Gasteiger partial charge is 0.141 e. The summed E-state index contributed by atoms with van der Waals surface area (Å²) in [6.45, 7) is 0.664. The Labute approximate surface area is 112 Å². The van der Waals surface area contributed by atoms with Crippen molar-refractivity contribution in [3.63, 3.8) is 0 Å². The predicted molar refractivity (Wildman–Crippen MR) is 68.5 cm³/mol. The van der Waals surface area contributed by atoms with E-state index in [-0.39, 0.29) is 11.6 Å². The van der Waals surface area contributed by atoms with E-state index in [0.29, 0.717) is 23.4 Å². The third kappa shape index (κ3) is 3.51. The van der Waals surface area contributed by atoms with E-state index in [4.69, 9.17) is 4.74 Å². The van der Waals surface area contributed by atoms with Gasteiger partial charge in [-0.25, -0.2) is 4.39 Å². The molecule has 1 aromatic carbocycles. The summed E-state index contributed by atoms with van der Waals surface area (Å²) < 4.78 is 18.7. The van der Waals surface area contributed by atoms with Crippen LogP contribution in [-0.2, 0) is 18.0 Å². The van der Waals surface area contributed by atoms with Gasteiger partial charge in [-0.3, -0.25) is 4.98 Å². The number of rotatable bonds is 4. The van der Waals surface area contributed by atoms with Crippen LogP contribution in [0.15, 0.2) is 41.0 Å². The van der Waals surface area contributed by atoms with Gasteiger partial charge in [0.15, 0.2) is 0 Å². The minimum Gasteiger partial charge on any atom is -0.507 e. The van der Waals surface area contributed by atoms with Gasteiger partial charge in [-0.1, -0.05) is 6.07 Å². The Morgan fingerprint density at radius 3 is 2.72 bits per heavy atom. The molecular weight excluding hydrogens is 301 g/mol. The molecule has 0 aliphatic carbocycles. The molecule has 3 nitrogen and oxygen atoms in total. The summed E-state index contributed by atoms with van der Waals surface area (Å²) in [6.07, 6.45) is 1.16. The summed E-state index contributed by atoms with van der Waals surface area (Å²) >= 11 is 3.20. The van der Waals surface area contributed by atoms with Crippen molar-refractivity contribution in [3.05, 3.63) is 58.1 Å². The third-order valence-electron chi connectivity index (χ3n) is 2.32. The lowest BCUT2D eigenvalue weighted by Gasteiger charge is -2.05. The molecule has 18 heavy (non-hydrogen) atoms. The molecular formula is C13H11BrFNO2. The maximum atomic E-state index is 12.6. The molecule has 0 aliphatic heterocycles. The first-order chi connectivity index (χ1) is 8.65. The number of ether oxygens (including phenoxy) is 1. The second-order valence-corrected chi connectivity index (χ2v) is 4.60. The van der Waals surface area contributed by atoms with Gasteiger partial charge in [0.05, 0.1) is 29.6 Å². The van der Waals surface area contributed by atoms with Crippen LogP contribution in [0.25, 0.3) is 0 Å². The van der Waals surface area contributed by atoms with Crippen molar-refractivity contribution < 1.29 is 14.2 Å². The number of aromatic nitrogens is 1. The van der Waals surface area contributed by atoms with Gasteiger partial charge in [0, 0.05) is 0 Å². The molecule has 0 unspecified atom stereocenters. The number of phenols is 1. The highest BCUT2D eigenvalue weighted by Crippen LogP contribution is 2.24. The number of halogens is 2. The zero-order chi connectivity index (χ0) is 13.0. The second kappa shape index (κ2) is 5.93. The van der Waals surface area contributed by atoms with E-state index in [1.54, 1.807) is 18.2 Å². The number of aromatic hydroxyl groups is 1. The summed E-state index contributed by atoms with van der Waals surface area (Å²) in [5, 5.41) is 9.49. The minimum absolute atomic E-state index is 0.177. The standard InChI is InChI=1S/C13H11BrFNO2/c14-12-4-1-9(5-13(12)17)7-18-8-11-3-2-10(15)6-16-11/h1-6,17H,7-8H2. The van der Waals surface area contributed by atoms with Gasteiger partial charge in [-0.05, 0) is 45.8 Å². The first-order valence-corrected chi connectivity index (χ1v) is 6.10. The highest BCUT2D eigenvalue weighted by molar-refractivity contribution is 9.10. The van der Waals surface area contributed by atoms with Crippen LogP contribution in [0.2, 0.25) is 0 Å². The van der Waals surface area contributed by atoms with Gasteiger partial charge < -0.3 is 9.84 Å². The lowest BCUT2D eigenvalue weighted by Crippen LogP contribution is -1.96. The Morgan fingerprint density at radius 1 is 1.22 bits per heavy atom. The molecule has 5 heteroatoms. The van der Waals surface area contributed by atoms with Crippen LogP contribution in [0.3, 0.4) is 0 Å². The van der Waals surface area contributed by atoms with Crippen LogP contribution in [0.1, 0.15) is 11.3 Å². The number of nitrogens with zero attached hydrogens (tertiary/aromatic N) is 1. The second-order valence-electron chi connectivity index (χ2n) is 3.75. The molecule has 1 N–H and O–H groups in total. The van der Waals surface area contributed by atoms with E-state index in [1.807, 2.05) is 6.07 Å². The Kier molecular flexibility index (Phi) is 4.28. The van der Waals surface area contributed by atoms with Crippen LogP contribution < -0.4 is 0 Å². The van der Waals surface area contributed by atoms with Gasteiger partial charge in [0.1, 0.15) is 11.6 Å². The molecule has 2 aromatic rings. The Balaban J connectivity index is 1.88. The van der Waals surface area contributed by atoms with Gasteiger partial charge in [-0.15, -0.1) is 0 Å². The molecule has 2 rings (SSSR count). The number of pyridine rings is 1. The molecule has 0 amide bonds. The van der Waals surface area contributed by atoms with Gasteiger partial charge >= 0.3 is 0 Å². The van der Waals surface area contributed by atoms with Crippen molar-refractivity contribution in [1.82, 2.24) is 4.98 Å². The topological polar surface area (TPSA) is 42.4 Å². The van der Waals surface area contributed by atoms with Crippen LogP contribution in [-0.4, -0.2) is 10.1 Å². The monoisotopic (exact) mass is 311 g/mol. The van der Waals surface area contributed by atoms with Crippen LogP contribution in [0, 0.1) is 5.82 Å². The van der Waals surface area contributed by atoms with E-state index in [1.165, 1.54) is 6.07 Å². The fraction of sp³-hybridized carbons (Fsp3) is 0.154. The largest absolute Gasteiger partial charge is 0.507 e. The van der Waals surface area contributed by atoms with Crippen LogP contribution in [0.5, 0.6) is 5.75 Å². The van der Waals surface area contributed by atoms with Crippen LogP contribution in [0.4, 0.5) is 4.39 Å². The van der Waals surface area contributed by atoms with Gasteiger partial charge in [-0.2, -0.15) is 0 Å². The Morgan fingerprint density at radius 2 is 2.06 bits per heavy atom. The molecule has 0 radical (unpaired) electrons. The highest BCUT2D eigenvalue weighted by Gasteiger charge is 2.01. The van der Waals surface area contributed by atoms with E-state index in [9.17, 15) is 9.50 Å². The van der Waals surface area contributed by atoms with E-state index < -0.39 is 0 Å². The summed E-state index contributed by atoms with van der Waals surface area (Å²) in [6, 6.07) is 8.15. The molecule has 0 bridgehead atoms. The van der Waals surface area contributed by atoms with Gasteiger partial charge in [0.2, 0.25) is 0 Å². The quantitative estimate of drug-likeness (QED) is 0.941. The fourth-order valence-corrected chi connectivity index (χ4v) is 1.66. The molecule has 1 heterocycles. The minimum atomic E-state index is -0.364. The summed E-state index contributed by atoms with van der Waals surface area (Å²) in [5.41, 5.74) is 1.52. The van der Waals surface area contributed by atoms with Crippen molar-refractivity contribution in [1.29, 1.82) is 0 Å². The molecule has 0 saturated carbocycles. The zero-order valence-corrected chi connectivity index (χ0v) is 11.0. The molecule has 94 valence electrons. The lowest BCUT2D eigenvalue weighted by molar-refractivity contribution is 0.104. The SMILES string of the molecule is Oc1cc(COCc2ccc(F)cn2)ccc1Br. The predicted octanol–water partition coefficient (Wildman–Crippen LogP) is 3.41. The summed E-state index contributed by atoms with van der Waals surface area (Å²) in [4.78, 5) is 3.88.